The fourth-order valence-corrected chi connectivity index (χ4v) is 2.75. The van der Waals surface area contributed by atoms with Crippen LogP contribution in [0.5, 0.6) is 0 Å². The van der Waals surface area contributed by atoms with Crippen molar-refractivity contribution in [2.45, 2.75) is 6.42 Å². The van der Waals surface area contributed by atoms with Crippen LogP contribution in [0.1, 0.15) is 21.8 Å². The number of rotatable bonds is 5. The SMILES string of the molecule is N#Cc1cccc(NC(=O)Cc2csc(NC(=O)c3ccco3)n2)c1. The Morgan fingerprint density at radius 3 is 2.88 bits per heavy atom. The van der Waals surface area contributed by atoms with E-state index in [9.17, 15) is 9.59 Å². The lowest BCUT2D eigenvalue weighted by molar-refractivity contribution is -0.115. The first-order chi connectivity index (χ1) is 12.1. The third kappa shape index (κ3) is 4.31. The molecule has 124 valence electrons. The maximum Gasteiger partial charge on any atom is 0.293 e. The van der Waals surface area contributed by atoms with E-state index in [2.05, 4.69) is 15.6 Å². The van der Waals surface area contributed by atoms with Crippen molar-refractivity contribution in [3.63, 3.8) is 0 Å². The Hall–Kier alpha value is -3.44. The van der Waals surface area contributed by atoms with Crippen molar-refractivity contribution in [2.24, 2.45) is 0 Å². The minimum absolute atomic E-state index is 0.0594. The molecule has 3 rings (SSSR count). The molecule has 2 amide bonds. The minimum atomic E-state index is -0.399. The van der Waals surface area contributed by atoms with Crippen molar-refractivity contribution in [3.05, 3.63) is 65.1 Å². The van der Waals surface area contributed by atoms with E-state index >= 15 is 0 Å². The summed E-state index contributed by atoms with van der Waals surface area (Å²) in [4.78, 5) is 28.1. The fourth-order valence-electron chi connectivity index (χ4n) is 2.05. The molecule has 0 aliphatic heterocycles. The second-order valence-corrected chi connectivity index (χ2v) is 5.85. The number of furan rings is 1. The molecular formula is C17H12N4O3S. The number of aromatic nitrogens is 1. The van der Waals surface area contributed by atoms with Gasteiger partial charge in [-0.1, -0.05) is 6.07 Å². The first-order valence-corrected chi connectivity index (χ1v) is 8.11. The summed E-state index contributed by atoms with van der Waals surface area (Å²) in [6, 6.07) is 11.8. The van der Waals surface area contributed by atoms with Gasteiger partial charge in [0.2, 0.25) is 5.91 Å². The highest BCUT2D eigenvalue weighted by Crippen LogP contribution is 2.18. The van der Waals surface area contributed by atoms with Crippen molar-refractivity contribution in [2.75, 3.05) is 10.6 Å². The van der Waals surface area contributed by atoms with Gasteiger partial charge in [-0.05, 0) is 30.3 Å². The quantitative estimate of drug-likeness (QED) is 0.734. The minimum Gasteiger partial charge on any atom is -0.459 e. The molecule has 8 heteroatoms. The van der Waals surface area contributed by atoms with Gasteiger partial charge < -0.3 is 9.73 Å². The highest BCUT2D eigenvalue weighted by Gasteiger charge is 2.13. The molecule has 0 saturated heterocycles. The Balaban J connectivity index is 1.58. The molecule has 0 bridgehead atoms. The van der Waals surface area contributed by atoms with Gasteiger partial charge in [-0.3, -0.25) is 14.9 Å². The largest absolute Gasteiger partial charge is 0.459 e. The molecule has 25 heavy (non-hydrogen) atoms. The third-order valence-corrected chi connectivity index (χ3v) is 3.94. The van der Waals surface area contributed by atoms with Crippen molar-refractivity contribution in [3.8, 4) is 6.07 Å². The smallest absolute Gasteiger partial charge is 0.293 e. The molecule has 0 aliphatic carbocycles. The van der Waals surface area contributed by atoms with Crippen LogP contribution >= 0.6 is 11.3 Å². The van der Waals surface area contributed by atoms with Gasteiger partial charge in [0.25, 0.3) is 5.91 Å². The number of hydrogen-bond donors (Lipinski definition) is 2. The lowest BCUT2D eigenvalue weighted by Gasteiger charge is -2.04. The lowest BCUT2D eigenvalue weighted by atomic mass is 10.2. The summed E-state index contributed by atoms with van der Waals surface area (Å²) in [6.07, 6.45) is 1.47. The Bertz CT molecular complexity index is 941. The predicted molar refractivity (Wildman–Crippen MR) is 92.3 cm³/mol. The number of hydrogen-bond acceptors (Lipinski definition) is 6. The summed E-state index contributed by atoms with van der Waals surface area (Å²) in [5, 5.41) is 16.3. The van der Waals surface area contributed by atoms with E-state index in [1.807, 2.05) is 6.07 Å². The number of amides is 2. The van der Waals surface area contributed by atoms with Crippen LogP contribution in [0.25, 0.3) is 0 Å². The Morgan fingerprint density at radius 2 is 2.12 bits per heavy atom. The van der Waals surface area contributed by atoms with Crippen molar-refractivity contribution >= 4 is 34.0 Å². The van der Waals surface area contributed by atoms with Crippen LogP contribution in [0.2, 0.25) is 0 Å². The molecule has 0 saturated carbocycles. The summed E-state index contributed by atoms with van der Waals surface area (Å²) in [5.41, 5.74) is 1.55. The van der Waals surface area contributed by atoms with Gasteiger partial charge in [0.15, 0.2) is 10.9 Å². The van der Waals surface area contributed by atoms with Crippen LogP contribution in [-0.4, -0.2) is 16.8 Å². The third-order valence-electron chi connectivity index (χ3n) is 3.13. The predicted octanol–water partition coefficient (Wildman–Crippen LogP) is 3.04. The molecule has 2 heterocycles. The zero-order valence-corrected chi connectivity index (χ0v) is 13.7. The summed E-state index contributed by atoms with van der Waals surface area (Å²) in [6.45, 7) is 0. The molecule has 0 aliphatic rings. The number of carbonyl (C=O) groups is 2. The van der Waals surface area contributed by atoms with E-state index in [0.29, 0.717) is 22.1 Å². The molecule has 0 spiro atoms. The topological polar surface area (TPSA) is 108 Å². The maximum atomic E-state index is 12.1. The standard InChI is InChI=1S/C17H12N4O3S/c18-9-11-3-1-4-12(7-11)19-15(22)8-13-10-25-17(20-13)21-16(23)14-5-2-6-24-14/h1-7,10H,8H2,(H,19,22)(H,20,21,23). The van der Waals surface area contributed by atoms with Gasteiger partial charge in [-0.15, -0.1) is 11.3 Å². The van der Waals surface area contributed by atoms with Gasteiger partial charge in [0, 0.05) is 11.1 Å². The van der Waals surface area contributed by atoms with Crippen LogP contribution in [0, 0.1) is 11.3 Å². The number of anilines is 2. The van der Waals surface area contributed by atoms with Crippen LogP contribution in [0.15, 0.2) is 52.5 Å². The zero-order chi connectivity index (χ0) is 17.6. The van der Waals surface area contributed by atoms with Crippen LogP contribution in [0.4, 0.5) is 10.8 Å². The molecule has 0 atom stereocenters. The monoisotopic (exact) mass is 352 g/mol. The summed E-state index contributed by atoms with van der Waals surface area (Å²) in [5.74, 6) is -0.472. The first-order valence-electron chi connectivity index (χ1n) is 7.23. The van der Waals surface area contributed by atoms with Gasteiger partial charge in [-0.25, -0.2) is 4.98 Å². The second-order valence-electron chi connectivity index (χ2n) is 4.99. The zero-order valence-electron chi connectivity index (χ0n) is 12.9. The van der Waals surface area contributed by atoms with Gasteiger partial charge in [0.05, 0.1) is 30.0 Å². The van der Waals surface area contributed by atoms with E-state index in [-0.39, 0.29) is 18.1 Å². The molecule has 2 N–H and O–H groups in total. The fraction of sp³-hybridized carbons (Fsp3) is 0.0588. The first kappa shape index (κ1) is 16.4. The van der Waals surface area contributed by atoms with Gasteiger partial charge in [-0.2, -0.15) is 5.26 Å². The molecule has 2 aromatic heterocycles. The highest BCUT2D eigenvalue weighted by atomic mass is 32.1. The maximum absolute atomic E-state index is 12.1. The Labute approximate surface area is 146 Å². The van der Waals surface area contributed by atoms with E-state index < -0.39 is 5.91 Å². The van der Waals surface area contributed by atoms with Crippen molar-refractivity contribution in [1.29, 1.82) is 5.26 Å². The Morgan fingerprint density at radius 1 is 1.24 bits per heavy atom. The number of carbonyl (C=O) groups excluding carboxylic acids is 2. The molecule has 1 aromatic carbocycles. The van der Waals surface area contributed by atoms with Crippen molar-refractivity contribution < 1.29 is 14.0 Å². The molecule has 7 nitrogen and oxygen atoms in total. The summed E-state index contributed by atoms with van der Waals surface area (Å²) in [7, 11) is 0. The summed E-state index contributed by atoms with van der Waals surface area (Å²) < 4.78 is 5.00. The number of thiazole rings is 1. The Kier molecular flexibility index (Phi) is 4.87. The molecule has 3 aromatic rings. The van der Waals surface area contributed by atoms with Crippen LogP contribution in [0.3, 0.4) is 0 Å². The molecule has 0 unspecified atom stereocenters. The highest BCUT2D eigenvalue weighted by molar-refractivity contribution is 7.14. The van der Waals surface area contributed by atoms with Gasteiger partial charge in [0.1, 0.15) is 0 Å². The lowest BCUT2D eigenvalue weighted by Crippen LogP contribution is -2.15. The van der Waals surface area contributed by atoms with E-state index in [4.69, 9.17) is 9.68 Å². The second kappa shape index (κ2) is 7.42. The number of nitrogens with one attached hydrogen (secondary N) is 2. The average molecular weight is 352 g/mol. The normalized spacial score (nSPS) is 10.0. The van der Waals surface area contributed by atoms with Crippen LogP contribution < -0.4 is 10.6 Å². The number of nitrogens with zero attached hydrogens (tertiary/aromatic N) is 2. The van der Waals surface area contributed by atoms with Gasteiger partial charge >= 0.3 is 0 Å². The van der Waals surface area contributed by atoms with E-state index in [0.717, 1.165) is 0 Å². The van der Waals surface area contributed by atoms with E-state index in [1.54, 1.807) is 41.8 Å². The molecular weight excluding hydrogens is 340 g/mol. The van der Waals surface area contributed by atoms with E-state index in [1.165, 1.54) is 17.6 Å². The summed E-state index contributed by atoms with van der Waals surface area (Å²) >= 11 is 1.22. The van der Waals surface area contributed by atoms with Crippen LogP contribution in [-0.2, 0) is 11.2 Å². The molecule has 0 fully saturated rings. The molecule has 0 radical (unpaired) electrons. The number of benzene rings is 1. The average Bonchev–Trinajstić information content (AvgIpc) is 3.27. The van der Waals surface area contributed by atoms with Crippen molar-refractivity contribution in [1.82, 2.24) is 4.98 Å². The number of nitriles is 1.